The zero-order valence-electron chi connectivity index (χ0n) is 12.5. The van der Waals surface area contributed by atoms with Gasteiger partial charge in [0.15, 0.2) is 11.5 Å². The molecule has 0 bridgehead atoms. The second-order valence-corrected chi connectivity index (χ2v) is 6.77. The molecule has 0 saturated carbocycles. The molecule has 3 aromatic rings. The molecule has 0 unspecified atom stereocenters. The Morgan fingerprint density at radius 2 is 2.04 bits per heavy atom. The second kappa shape index (κ2) is 6.96. The van der Waals surface area contributed by atoms with Crippen LogP contribution >= 0.6 is 39.1 Å². The predicted octanol–water partition coefficient (Wildman–Crippen LogP) is 3.99. The van der Waals surface area contributed by atoms with Gasteiger partial charge in [0.2, 0.25) is 0 Å². The lowest BCUT2D eigenvalue weighted by Gasteiger charge is -2.04. The Labute approximate surface area is 156 Å². The molecular formula is C15H12BrCl2N5O. The van der Waals surface area contributed by atoms with Crippen molar-refractivity contribution in [3.05, 3.63) is 62.4 Å². The van der Waals surface area contributed by atoms with E-state index in [-0.39, 0.29) is 5.91 Å². The van der Waals surface area contributed by atoms with Crippen LogP contribution in [0.3, 0.4) is 0 Å². The highest BCUT2D eigenvalue weighted by molar-refractivity contribution is 9.10. The molecule has 1 N–H and O–H groups in total. The van der Waals surface area contributed by atoms with E-state index < -0.39 is 0 Å². The first-order valence-electron chi connectivity index (χ1n) is 6.90. The number of amides is 1. The van der Waals surface area contributed by atoms with Crippen LogP contribution in [0.2, 0.25) is 10.0 Å². The molecule has 1 amide bonds. The summed E-state index contributed by atoms with van der Waals surface area (Å²) in [6.45, 7) is 0.495. The third kappa shape index (κ3) is 3.80. The summed E-state index contributed by atoms with van der Waals surface area (Å²) in [7, 11) is 1.75. The molecule has 0 aliphatic rings. The smallest absolute Gasteiger partial charge is 0.277 e. The van der Waals surface area contributed by atoms with Crippen LogP contribution in [-0.2, 0) is 13.6 Å². The monoisotopic (exact) mass is 427 g/mol. The number of carbonyl (C=O) groups excluding carboxylic acids is 1. The van der Waals surface area contributed by atoms with E-state index in [1.807, 2.05) is 6.07 Å². The average Bonchev–Trinajstić information content (AvgIpc) is 3.10. The number of aryl methyl sites for hydroxylation is 1. The van der Waals surface area contributed by atoms with Crippen molar-refractivity contribution in [3.8, 4) is 0 Å². The van der Waals surface area contributed by atoms with E-state index in [4.69, 9.17) is 23.2 Å². The van der Waals surface area contributed by atoms with Gasteiger partial charge in [-0.15, -0.1) is 0 Å². The lowest BCUT2D eigenvalue weighted by molar-refractivity contribution is 0.102. The number of benzene rings is 1. The number of halogens is 3. The fourth-order valence-electron chi connectivity index (χ4n) is 2.10. The van der Waals surface area contributed by atoms with Gasteiger partial charge >= 0.3 is 0 Å². The molecular weight excluding hydrogens is 417 g/mol. The van der Waals surface area contributed by atoms with Gasteiger partial charge in [0.25, 0.3) is 5.91 Å². The molecule has 0 atom stereocenters. The van der Waals surface area contributed by atoms with Crippen molar-refractivity contribution in [1.82, 2.24) is 19.6 Å². The highest BCUT2D eigenvalue weighted by Crippen LogP contribution is 2.24. The van der Waals surface area contributed by atoms with E-state index in [0.717, 1.165) is 5.56 Å². The van der Waals surface area contributed by atoms with Crippen LogP contribution in [0.5, 0.6) is 0 Å². The Morgan fingerprint density at radius 3 is 2.71 bits per heavy atom. The van der Waals surface area contributed by atoms with Crippen LogP contribution in [0.1, 0.15) is 16.1 Å². The molecule has 0 aliphatic heterocycles. The van der Waals surface area contributed by atoms with E-state index in [1.165, 1.54) is 0 Å². The molecule has 2 heterocycles. The van der Waals surface area contributed by atoms with Gasteiger partial charge in [0, 0.05) is 19.4 Å². The maximum Gasteiger partial charge on any atom is 0.277 e. The summed E-state index contributed by atoms with van der Waals surface area (Å²) in [6, 6.07) is 7.03. The number of hydrogen-bond acceptors (Lipinski definition) is 3. The van der Waals surface area contributed by atoms with Gasteiger partial charge in [-0.1, -0.05) is 29.3 Å². The van der Waals surface area contributed by atoms with Gasteiger partial charge in [-0.05, 0) is 39.7 Å². The highest BCUT2D eigenvalue weighted by Gasteiger charge is 2.14. The molecule has 0 saturated heterocycles. The number of aromatic nitrogens is 4. The van der Waals surface area contributed by atoms with Crippen LogP contribution in [-0.4, -0.2) is 25.5 Å². The third-order valence-corrected chi connectivity index (χ3v) is 4.54. The average molecular weight is 429 g/mol. The van der Waals surface area contributed by atoms with Gasteiger partial charge in [-0.2, -0.15) is 10.2 Å². The van der Waals surface area contributed by atoms with Gasteiger partial charge in [-0.25, -0.2) is 0 Å². The maximum absolute atomic E-state index is 12.1. The lowest BCUT2D eigenvalue weighted by Crippen LogP contribution is -2.14. The minimum Gasteiger partial charge on any atom is -0.303 e. The quantitative estimate of drug-likeness (QED) is 0.683. The molecule has 24 heavy (non-hydrogen) atoms. The highest BCUT2D eigenvalue weighted by atomic mass is 79.9. The molecule has 0 aliphatic carbocycles. The maximum atomic E-state index is 12.1. The zero-order chi connectivity index (χ0) is 17.3. The first-order valence-corrected chi connectivity index (χ1v) is 8.45. The summed E-state index contributed by atoms with van der Waals surface area (Å²) >= 11 is 15.3. The molecule has 2 aromatic heterocycles. The van der Waals surface area contributed by atoms with Gasteiger partial charge in [0.1, 0.15) is 0 Å². The summed E-state index contributed by atoms with van der Waals surface area (Å²) in [4.78, 5) is 12.1. The fourth-order valence-corrected chi connectivity index (χ4v) is 2.83. The molecule has 0 fully saturated rings. The molecule has 124 valence electrons. The topological polar surface area (TPSA) is 64.7 Å². The number of anilines is 1. The normalized spacial score (nSPS) is 10.8. The number of carbonyl (C=O) groups is 1. The summed E-state index contributed by atoms with van der Waals surface area (Å²) in [5.41, 5.74) is 1.27. The summed E-state index contributed by atoms with van der Waals surface area (Å²) in [5, 5.41) is 12.1. The SMILES string of the molecule is Cn1ccc(C(=O)Nc2nn(Cc3ccc(Cl)c(Cl)c3)cc2Br)n1. The molecule has 9 heteroatoms. The third-order valence-electron chi connectivity index (χ3n) is 3.22. The minimum atomic E-state index is -0.323. The van der Waals surface area contributed by atoms with E-state index in [0.29, 0.717) is 32.6 Å². The Kier molecular flexibility index (Phi) is 4.93. The van der Waals surface area contributed by atoms with Crippen LogP contribution in [0.4, 0.5) is 5.82 Å². The van der Waals surface area contributed by atoms with Crippen molar-refractivity contribution in [2.75, 3.05) is 5.32 Å². The summed E-state index contributed by atoms with van der Waals surface area (Å²) in [5.74, 6) is 0.0989. The van der Waals surface area contributed by atoms with Gasteiger partial charge in [0.05, 0.1) is 21.1 Å². The summed E-state index contributed by atoms with van der Waals surface area (Å²) in [6.07, 6.45) is 3.48. The molecule has 0 spiro atoms. The van der Waals surface area contributed by atoms with Crippen LogP contribution in [0, 0.1) is 0 Å². The van der Waals surface area contributed by atoms with Crippen molar-refractivity contribution in [2.24, 2.45) is 7.05 Å². The molecule has 0 radical (unpaired) electrons. The largest absolute Gasteiger partial charge is 0.303 e. The minimum absolute atomic E-state index is 0.323. The van der Waals surface area contributed by atoms with Crippen LogP contribution < -0.4 is 5.32 Å². The number of nitrogens with one attached hydrogen (secondary N) is 1. The second-order valence-electron chi connectivity index (χ2n) is 5.10. The first kappa shape index (κ1) is 17.0. The van der Waals surface area contributed by atoms with Crippen molar-refractivity contribution < 1.29 is 4.79 Å². The number of rotatable bonds is 4. The predicted molar refractivity (Wildman–Crippen MR) is 96.7 cm³/mol. The van der Waals surface area contributed by atoms with Crippen molar-refractivity contribution in [3.63, 3.8) is 0 Å². The van der Waals surface area contributed by atoms with Gasteiger partial charge in [-0.3, -0.25) is 14.2 Å². The van der Waals surface area contributed by atoms with Gasteiger partial charge < -0.3 is 5.32 Å². The Hall–Kier alpha value is -1.83. The van der Waals surface area contributed by atoms with E-state index in [1.54, 1.807) is 47.0 Å². The van der Waals surface area contributed by atoms with Crippen molar-refractivity contribution >= 4 is 50.9 Å². The molecule has 3 rings (SSSR count). The Bertz CT molecular complexity index is 905. The Morgan fingerprint density at radius 1 is 1.25 bits per heavy atom. The number of hydrogen-bond donors (Lipinski definition) is 1. The fraction of sp³-hybridized carbons (Fsp3) is 0.133. The van der Waals surface area contributed by atoms with Crippen LogP contribution in [0.25, 0.3) is 0 Å². The van der Waals surface area contributed by atoms with Crippen molar-refractivity contribution in [1.29, 1.82) is 0 Å². The van der Waals surface area contributed by atoms with E-state index >= 15 is 0 Å². The van der Waals surface area contributed by atoms with E-state index in [9.17, 15) is 4.79 Å². The molecule has 6 nitrogen and oxygen atoms in total. The zero-order valence-corrected chi connectivity index (χ0v) is 15.6. The van der Waals surface area contributed by atoms with E-state index in [2.05, 4.69) is 31.4 Å². The van der Waals surface area contributed by atoms with Crippen LogP contribution in [0.15, 0.2) is 41.1 Å². The summed E-state index contributed by atoms with van der Waals surface area (Å²) < 4.78 is 3.93. The lowest BCUT2D eigenvalue weighted by atomic mass is 10.2. The number of nitrogens with zero attached hydrogens (tertiary/aromatic N) is 4. The van der Waals surface area contributed by atoms with Crippen molar-refractivity contribution in [2.45, 2.75) is 6.54 Å². The Balaban J connectivity index is 1.75. The standard InChI is InChI=1S/C15H12BrCl2N5O/c1-22-5-4-13(20-22)15(24)19-14-10(16)8-23(21-14)7-9-2-3-11(17)12(18)6-9/h2-6,8H,7H2,1H3,(H,19,21,24). The first-order chi connectivity index (χ1) is 11.4. The molecule has 1 aromatic carbocycles.